The summed E-state index contributed by atoms with van der Waals surface area (Å²) < 4.78 is 13.1. The average Bonchev–Trinajstić information content (AvgIpc) is 3.19. The quantitative estimate of drug-likeness (QED) is 0.614. The van der Waals surface area contributed by atoms with Crippen molar-refractivity contribution in [3.8, 4) is 11.4 Å². The predicted octanol–water partition coefficient (Wildman–Crippen LogP) is 3.45. The van der Waals surface area contributed by atoms with Crippen LogP contribution in [0.15, 0.2) is 36.9 Å². The van der Waals surface area contributed by atoms with Crippen molar-refractivity contribution in [1.82, 2.24) is 19.5 Å². The van der Waals surface area contributed by atoms with E-state index in [0.717, 1.165) is 47.8 Å². The van der Waals surface area contributed by atoms with Crippen molar-refractivity contribution in [3.05, 3.63) is 53.9 Å². The third-order valence-corrected chi connectivity index (χ3v) is 4.83. The fourth-order valence-corrected chi connectivity index (χ4v) is 3.45. The molecule has 1 aliphatic rings. The van der Waals surface area contributed by atoms with Gasteiger partial charge in [0.05, 0.1) is 36.6 Å². The Bertz CT molecular complexity index is 1000. The standard InChI is InChI=1S/C20H23N5O2.CH2O2/c1-13-11-25(12-22-13)16-8-7-15(9-18(16)27-3)23-20-21-10-14-5-4-6-17(26-2)19(14)24-20;2-1-3/h7-12,17H,4-6H2,1-3H3,(H,21,23,24);1H,(H,2,3). The number of methoxy groups -OCH3 is 2. The Morgan fingerprint density at radius 3 is 2.77 bits per heavy atom. The third-order valence-electron chi connectivity index (χ3n) is 4.83. The Morgan fingerprint density at radius 1 is 1.30 bits per heavy atom. The van der Waals surface area contributed by atoms with Crippen LogP contribution in [-0.4, -0.2) is 45.3 Å². The molecule has 0 spiro atoms. The highest BCUT2D eigenvalue weighted by molar-refractivity contribution is 5.62. The number of anilines is 2. The van der Waals surface area contributed by atoms with Crippen molar-refractivity contribution >= 4 is 18.1 Å². The van der Waals surface area contributed by atoms with Crippen LogP contribution in [0.25, 0.3) is 5.69 Å². The Balaban J connectivity index is 0.000000806. The van der Waals surface area contributed by atoms with Crippen LogP contribution in [0.4, 0.5) is 11.6 Å². The molecule has 0 saturated carbocycles. The van der Waals surface area contributed by atoms with Gasteiger partial charge in [-0.15, -0.1) is 0 Å². The molecule has 158 valence electrons. The van der Waals surface area contributed by atoms with Gasteiger partial charge >= 0.3 is 0 Å². The van der Waals surface area contributed by atoms with Gasteiger partial charge in [-0.2, -0.15) is 0 Å². The van der Waals surface area contributed by atoms with Crippen LogP contribution in [-0.2, 0) is 16.0 Å². The van der Waals surface area contributed by atoms with E-state index in [1.54, 1.807) is 20.5 Å². The zero-order valence-electron chi connectivity index (χ0n) is 17.2. The zero-order chi connectivity index (χ0) is 21.5. The lowest BCUT2D eigenvalue weighted by atomic mass is 9.95. The molecule has 2 N–H and O–H groups in total. The molecule has 1 atom stereocenters. The molecular formula is C21H25N5O4. The molecule has 0 saturated heterocycles. The molecule has 1 aliphatic carbocycles. The average molecular weight is 411 g/mol. The summed E-state index contributed by atoms with van der Waals surface area (Å²) in [5.41, 5.74) is 4.89. The molecule has 1 aromatic carbocycles. The normalized spacial score (nSPS) is 14.8. The van der Waals surface area contributed by atoms with E-state index < -0.39 is 0 Å². The summed E-state index contributed by atoms with van der Waals surface area (Å²) in [6.45, 7) is 1.71. The summed E-state index contributed by atoms with van der Waals surface area (Å²) in [7, 11) is 3.39. The van der Waals surface area contributed by atoms with Crippen LogP contribution >= 0.6 is 0 Å². The van der Waals surface area contributed by atoms with E-state index in [1.807, 2.05) is 42.1 Å². The lowest BCUT2D eigenvalue weighted by Crippen LogP contribution is -2.15. The summed E-state index contributed by atoms with van der Waals surface area (Å²) in [5, 5.41) is 10.2. The van der Waals surface area contributed by atoms with Crippen molar-refractivity contribution < 1.29 is 19.4 Å². The molecule has 0 aliphatic heterocycles. The van der Waals surface area contributed by atoms with Crippen LogP contribution in [0.3, 0.4) is 0 Å². The molecule has 2 aromatic heterocycles. The number of hydrogen-bond donors (Lipinski definition) is 2. The molecule has 4 rings (SSSR count). The molecule has 1 unspecified atom stereocenters. The van der Waals surface area contributed by atoms with Gasteiger partial charge in [0.1, 0.15) is 5.75 Å². The summed E-state index contributed by atoms with van der Waals surface area (Å²) in [6, 6.07) is 5.89. The second-order valence-corrected chi connectivity index (χ2v) is 6.76. The van der Waals surface area contributed by atoms with Gasteiger partial charge in [0.15, 0.2) is 0 Å². The zero-order valence-corrected chi connectivity index (χ0v) is 17.2. The molecular weight excluding hydrogens is 386 g/mol. The van der Waals surface area contributed by atoms with E-state index in [2.05, 4.69) is 15.3 Å². The van der Waals surface area contributed by atoms with E-state index in [-0.39, 0.29) is 12.6 Å². The molecule has 9 nitrogen and oxygen atoms in total. The number of carboxylic acid groups (broad SMARTS) is 1. The molecule has 0 fully saturated rings. The van der Waals surface area contributed by atoms with Gasteiger partial charge in [-0.25, -0.2) is 15.0 Å². The minimum Gasteiger partial charge on any atom is -0.494 e. The maximum Gasteiger partial charge on any atom is 0.290 e. The monoisotopic (exact) mass is 411 g/mol. The van der Waals surface area contributed by atoms with E-state index in [4.69, 9.17) is 24.4 Å². The predicted molar refractivity (Wildman–Crippen MR) is 112 cm³/mol. The number of rotatable bonds is 5. The summed E-state index contributed by atoms with van der Waals surface area (Å²) in [5.74, 6) is 1.30. The van der Waals surface area contributed by atoms with Crippen molar-refractivity contribution in [2.75, 3.05) is 19.5 Å². The number of nitrogens with one attached hydrogen (secondary N) is 1. The molecule has 9 heteroatoms. The van der Waals surface area contributed by atoms with Gasteiger partial charge in [-0.05, 0) is 43.9 Å². The number of fused-ring (bicyclic) bond motifs is 1. The molecule has 0 bridgehead atoms. The van der Waals surface area contributed by atoms with E-state index in [9.17, 15) is 0 Å². The maximum absolute atomic E-state index is 8.36. The highest BCUT2D eigenvalue weighted by Gasteiger charge is 2.22. The number of aryl methyl sites for hydroxylation is 2. The number of aromatic nitrogens is 4. The fourth-order valence-electron chi connectivity index (χ4n) is 3.45. The van der Waals surface area contributed by atoms with E-state index >= 15 is 0 Å². The smallest absolute Gasteiger partial charge is 0.290 e. The Labute approximate surface area is 174 Å². The Kier molecular flexibility index (Phi) is 6.97. The molecule has 3 aromatic rings. The first kappa shape index (κ1) is 21.3. The number of ether oxygens (including phenoxy) is 2. The van der Waals surface area contributed by atoms with Crippen LogP contribution < -0.4 is 10.1 Å². The molecule has 2 heterocycles. The Hall–Kier alpha value is -3.46. The SMILES string of the molecule is COc1cc(Nc2ncc3c(n2)C(OC)CCC3)ccc1-n1cnc(C)c1.O=CO. The Morgan fingerprint density at radius 2 is 2.10 bits per heavy atom. The van der Waals surface area contributed by atoms with Gasteiger partial charge < -0.3 is 24.5 Å². The second kappa shape index (κ2) is 9.84. The molecule has 30 heavy (non-hydrogen) atoms. The lowest BCUT2D eigenvalue weighted by molar-refractivity contribution is -0.122. The van der Waals surface area contributed by atoms with Gasteiger partial charge in [0.25, 0.3) is 6.47 Å². The number of hydrogen-bond acceptors (Lipinski definition) is 7. The van der Waals surface area contributed by atoms with Gasteiger partial charge in [-0.3, -0.25) is 4.79 Å². The first-order valence-electron chi connectivity index (χ1n) is 9.52. The van der Waals surface area contributed by atoms with E-state index in [1.165, 1.54) is 5.56 Å². The van der Waals surface area contributed by atoms with Crippen molar-refractivity contribution in [2.45, 2.75) is 32.3 Å². The highest BCUT2D eigenvalue weighted by Crippen LogP contribution is 2.32. The van der Waals surface area contributed by atoms with Crippen molar-refractivity contribution in [1.29, 1.82) is 0 Å². The van der Waals surface area contributed by atoms with Gasteiger partial charge in [0.2, 0.25) is 5.95 Å². The minimum atomic E-state index is -0.250. The summed E-state index contributed by atoms with van der Waals surface area (Å²) in [4.78, 5) is 21.8. The van der Waals surface area contributed by atoms with Crippen LogP contribution in [0.2, 0.25) is 0 Å². The van der Waals surface area contributed by atoms with Crippen molar-refractivity contribution in [2.24, 2.45) is 0 Å². The summed E-state index contributed by atoms with van der Waals surface area (Å²) in [6.07, 6.45) is 8.78. The van der Waals surface area contributed by atoms with E-state index in [0.29, 0.717) is 5.95 Å². The van der Waals surface area contributed by atoms with Crippen LogP contribution in [0, 0.1) is 6.92 Å². The second-order valence-electron chi connectivity index (χ2n) is 6.76. The fraction of sp³-hybridized carbons (Fsp3) is 0.333. The number of benzene rings is 1. The number of imidazole rings is 1. The van der Waals surface area contributed by atoms with Crippen LogP contribution in [0.1, 0.15) is 35.9 Å². The highest BCUT2D eigenvalue weighted by atomic mass is 16.5. The van der Waals surface area contributed by atoms with Gasteiger partial charge in [-0.1, -0.05) is 0 Å². The summed E-state index contributed by atoms with van der Waals surface area (Å²) >= 11 is 0. The van der Waals surface area contributed by atoms with Gasteiger partial charge in [0, 0.05) is 31.3 Å². The first-order valence-corrected chi connectivity index (χ1v) is 9.52. The first-order chi connectivity index (χ1) is 14.6. The number of nitrogens with zero attached hydrogens (tertiary/aromatic N) is 4. The minimum absolute atomic E-state index is 0.0405. The third kappa shape index (κ3) is 4.74. The largest absolute Gasteiger partial charge is 0.494 e. The maximum atomic E-state index is 8.36. The topological polar surface area (TPSA) is 111 Å². The number of carbonyl (C=O) groups is 1. The molecule has 0 amide bonds. The van der Waals surface area contributed by atoms with Crippen molar-refractivity contribution in [3.63, 3.8) is 0 Å². The molecule has 0 radical (unpaired) electrons. The van der Waals surface area contributed by atoms with Crippen LogP contribution in [0.5, 0.6) is 5.75 Å². The lowest BCUT2D eigenvalue weighted by Gasteiger charge is -2.23.